The van der Waals surface area contributed by atoms with Gasteiger partial charge in [-0.1, -0.05) is 13.3 Å². The van der Waals surface area contributed by atoms with Crippen LogP contribution in [-0.4, -0.2) is 52.0 Å². The first-order valence-corrected chi connectivity index (χ1v) is 7.50. The van der Waals surface area contributed by atoms with E-state index < -0.39 is 0 Å². The average Bonchev–Trinajstić information content (AvgIpc) is 2.94. The number of aliphatic imine (C=N–C) groups is 1. The Morgan fingerprint density at radius 2 is 2.16 bits per heavy atom. The second kappa shape index (κ2) is 11.1. The van der Waals surface area contributed by atoms with E-state index in [4.69, 9.17) is 9.47 Å². The number of hydrogen-bond donors (Lipinski definition) is 2. The quantitative estimate of drug-likeness (QED) is 0.379. The molecular formula is C14H29N3O2. The second-order valence-corrected chi connectivity index (χ2v) is 4.83. The summed E-state index contributed by atoms with van der Waals surface area (Å²) in [5, 5.41) is 6.58. The van der Waals surface area contributed by atoms with Crippen LogP contribution in [0.4, 0.5) is 0 Å². The van der Waals surface area contributed by atoms with Crippen LogP contribution in [0.5, 0.6) is 0 Å². The lowest BCUT2D eigenvalue weighted by atomic mass is 10.2. The number of guanidine groups is 1. The van der Waals surface area contributed by atoms with E-state index in [9.17, 15) is 0 Å². The van der Waals surface area contributed by atoms with Gasteiger partial charge in [0.05, 0.1) is 6.10 Å². The summed E-state index contributed by atoms with van der Waals surface area (Å²) in [6.07, 6.45) is 6.01. The zero-order valence-corrected chi connectivity index (χ0v) is 12.4. The SMILES string of the molecule is CCCCOCCCNC(=NC)NCC1CCCO1. The molecule has 1 saturated heterocycles. The molecule has 112 valence electrons. The lowest BCUT2D eigenvalue weighted by Gasteiger charge is -2.15. The van der Waals surface area contributed by atoms with Crippen molar-refractivity contribution in [2.75, 3.05) is 40.0 Å². The summed E-state index contributed by atoms with van der Waals surface area (Å²) < 4.78 is 11.1. The smallest absolute Gasteiger partial charge is 0.191 e. The van der Waals surface area contributed by atoms with Crippen molar-refractivity contribution in [3.63, 3.8) is 0 Å². The minimum Gasteiger partial charge on any atom is -0.381 e. The highest BCUT2D eigenvalue weighted by atomic mass is 16.5. The van der Waals surface area contributed by atoms with E-state index >= 15 is 0 Å². The molecule has 1 heterocycles. The van der Waals surface area contributed by atoms with Gasteiger partial charge in [-0.2, -0.15) is 0 Å². The van der Waals surface area contributed by atoms with Crippen molar-refractivity contribution in [1.82, 2.24) is 10.6 Å². The Balaban J connectivity index is 1.96. The molecule has 1 aliphatic rings. The highest BCUT2D eigenvalue weighted by molar-refractivity contribution is 5.79. The Bertz CT molecular complexity index is 241. The second-order valence-electron chi connectivity index (χ2n) is 4.83. The van der Waals surface area contributed by atoms with Crippen molar-refractivity contribution >= 4 is 5.96 Å². The van der Waals surface area contributed by atoms with Gasteiger partial charge in [-0.15, -0.1) is 0 Å². The Morgan fingerprint density at radius 3 is 2.84 bits per heavy atom. The van der Waals surface area contributed by atoms with E-state index in [-0.39, 0.29) is 0 Å². The Hall–Kier alpha value is -0.810. The lowest BCUT2D eigenvalue weighted by molar-refractivity contribution is 0.113. The van der Waals surface area contributed by atoms with Crippen molar-refractivity contribution < 1.29 is 9.47 Å². The first-order chi connectivity index (χ1) is 9.36. The molecule has 5 heteroatoms. The van der Waals surface area contributed by atoms with Crippen molar-refractivity contribution in [2.24, 2.45) is 4.99 Å². The van der Waals surface area contributed by atoms with Gasteiger partial charge in [0, 0.05) is 40.0 Å². The predicted molar refractivity (Wildman–Crippen MR) is 78.7 cm³/mol. The molecule has 1 rings (SSSR count). The first-order valence-electron chi connectivity index (χ1n) is 7.50. The molecule has 0 amide bonds. The van der Waals surface area contributed by atoms with Gasteiger partial charge in [0.25, 0.3) is 0 Å². The summed E-state index contributed by atoms with van der Waals surface area (Å²) in [5.41, 5.74) is 0. The number of nitrogens with zero attached hydrogens (tertiary/aromatic N) is 1. The maximum Gasteiger partial charge on any atom is 0.191 e. The molecule has 19 heavy (non-hydrogen) atoms. The van der Waals surface area contributed by atoms with E-state index in [1.807, 2.05) is 0 Å². The molecule has 0 saturated carbocycles. The standard InChI is InChI=1S/C14H29N3O2/c1-3-4-9-18-10-6-8-16-14(15-2)17-12-13-7-5-11-19-13/h13H,3-12H2,1-2H3,(H2,15,16,17). The summed E-state index contributed by atoms with van der Waals surface area (Å²) >= 11 is 0. The molecule has 1 unspecified atom stereocenters. The fraction of sp³-hybridized carbons (Fsp3) is 0.929. The summed E-state index contributed by atoms with van der Waals surface area (Å²) in [7, 11) is 1.79. The predicted octanol–water partition coefficient (Wildman–Crippen LogP) is 1.54. The molecule has 1 aliphatic heterocycles. The maximum atomic E-state index is 5.56. The fourth-order valence-electron chi connectivity index (χ4n) is 1.97. The number of nitrogens with one attached hydrogen (secondary N) is 2. The number of unbranched alkanes of at least 4 members (excludes halogenated alkanes) is 1. The molecular weight excluding hydrogens is 242 g/mol. The van der Waals surface area contributed by atoms with Crippen molar-refractivity contribution in [3.8, 4) is 0 Å². The van der Waals surface area contributed by atoms with Crippen molar-refractivity contribution in [1.29, 1.82) is 0 Å². The van der Waals surface area contributed by atoms with E-state index in [0.29, 0.717) is 6.10 Å². The van der Waals surface area contributed by atoms with Crippen LogP contribution in [-0.2, 0) is 9.47 Å². The van der Waals surface area contributed by atoms with E-state index in [1.54, 1.807) is 7.05 Å². The van der Waals surface area contributed by atoms with Crippen LogP contribution in [0, 0.1) is 0 Å². The summed E-state index contributed by atoms with van der Waals surface area (Å²) in [4.78, 5) is 4.19. The van der Waals surface area contributed by atoms with Crippen molar-refractivity contribution in [3.05, 3.63) is 0 Å². The Labute approximate surface area is 117 Å². The summed E-state index contributed by atoms with van der Waals surface area (Å²) in [5.74, 6) is 0.851. The van der Waals surface area contributed by atoms with Crippen LogP contribution in [0.1, 0.15) is 39.0 Å². The molecule has 0 bridgehead atoms. The van der Waals surface area contributed by atoms with Crippen LogP contribution in [0.15, 0.2) is 4.99 Å². The summed E-state index contributed by atoms with van der Waals surface area (Å²) in [6, 6.07) is 0. The minimum atomic E-state index is 0.343. The zero-order chi connectivity index (χ0) is 13.8. The maximum absolute atomic E-state index is 5.56. The van der Waals surface area contributed by atoms with Gasteiger partial charge >= 0.3 is 0 Å². The third kappa shape index (κ3) is 8.06. The highest BCUT2D eigenvalue weighted by Gasteiger charge is 2.15. The van der Waals surface area contributed by atoms with E-state index in [1.165, 1.54) is 12.8 Å². The molecule has 0 aliphatic carbocycles. The average molecular weight is 271 g/mol. The normalized spacial score (nSPS) is 19.7. The van der Waals surface area contributed by atoms with Crippen LogP contribution < -0.4 is 10.6 Å². The molecule has 2 N–H and O–H groups in total. The van der Waals surface area contributed by atoms with E-state index in [0.717, 1.165) is 58.1 Å². The zero-order valence-electron chi connectivity index (χ0n) is 12.4. The van der Waals surface area contributed by atoms with Crippen molar-refractivity contribution in [2.45, 2.75) is 45.1 Å². The largest absolute Gasteiger partial charge is 0.381 e. The molecule has 0 radical (unpaired) electrons. The molecule has 1 atom stereocenters. The minimum absolute atomic E-state index is 0.343. The number of rotatable bonds is 9. The van der Waals surface area contributed by atoms with Gasteiger partial charge in [0.1, 0.15) is 0 Å². The third-order valence-corrected chi connectivity index (χ3v) is 3.14. The molecule has 0 spiro atoms. The van der Waals surface area contributed by atoms with Crippen LogP contribution in [0.2, 0.25) is 0 Å². The van der Waals surface area contributed by atoms with Gasteiger partial charge < -0.3 is 20.1 Å². The third-order valence-electron chi connectivity index (χ3n) is 3.14. The van der Waals surface area contributed by atoms with Gasteiger partial charge in [0.2, 0.25) is 0 Å². The van der Waals surface area contributed by atoms with Gasteiger partial charge in [-0.05, 0) is 25.7 Å². The van der Waals surface area contributed by atoms with Crippen LogP contribution in [0.25, 0.3) is 0 Å². The van der Waals surface area contributed by atoms with Gasteiger partial charge in [0.15, 0.2) is 5.96 Å². The van der Waals surface area contributed by atoms with Crippen LogP contribution >= 0.6 is 0 Å². The topological polar surface area (TPSA) is 54.9 Å². The number of hydrogen-bond acceptors (Lipinski definition) is 3. The highest BCUT2D eigenvalue weighted by Crippen LogP contribution is 2.10. The summed E-state index contributed by atoms with van der Waals surface area (Å²) in [6.45, 7) is 6.49. The van der Waals surface area contributed by atoms with Gasteiger partial charge in [-0.25, -0.2) is 0 Å². The molecule has 0 aromatic rings. The Kier molecular flexibility index (Phi) is 9.45. The lowest BCUT2D eigenvalue weighted by Crippen LogP contribution is -2.41. The van der Waals surface area contributed by atoms with Crippen LogP contribution in [0.3, 0.4) is 0 Å². The Morgan fingerprint density at radius 1 is 1.32 bits per heavy atom. The fourth-order valence-corrected chi connectivity index (χ4v) is 1.97. The molecule has 0 aromatic carbocycles. The molecule has 5 nitrogen and oxygen atoms in total. The monoisotopic (exact) mass is 271 g/mol. The molecule has 0 aromatic heterocycles. The first kappa shape index (κ1) is 16.2. The molecule has 1 fully saturated rings. The van der Waals surface area contributed by atoms with E-state index in [2.05, 4.69) is 22.5 Å². The van der Waals surface area contributed by atoms with Gasteiger partial charge in [-0.3, -0.25) is 4.99 Å². The number of ether oxygens (including phenoxy) is 2.